The van der Waals surface area contributed by atoms with Crippen LogP contribution >= 0.6 is 0 Å². The van der Waals surface area contributed by atoms with Gasteiger partial charge in [0.05, 0.1) is 23.6 Å². The van der Waals surface area contributed by atoms with E-state index in [-0.39, 0.29) is 12.6 Å². The minimum Gasteiger partial charge on any atom is -0.367 e. The van der Waals surface area contributed by atoms with Crippen LogP contribution in [0.4, 0.5) is 16.0 Å². The number of nitrogens with two attached hydrogens (primary N) is 1. The number of hydrogen-bond acceptors (Lipinski definition) is 5. The summed E-state index contributed by atoms with van der Waals surface area (Å²) in [5.41, 5.74) is 12.4. The predicted molar refractivity (Wildman–Crippen MR) is 131 cm³/mol. The molecule has 3 aromatic rings. The highest BCUT2D eigenvalue weighted by Gasteiger charge is 2.28. The molecule has 2 heterocycles. The molecule has 0 radical (unpaired) electrons. The van der Waals surface area contributed by atoms with Crippen molar-refractivity contribution in [1.82, 2.24) is 14.6 Å². The molecule has 1 aliphatic carbocycles. The fourth-order valence-electron chi connectivity index (χ4n) is 3.63. The molecular weight excluding hydrogens is 403 g/mol. The number of fused-ring (bicyclic) bond motifs is 1. The van der Waals surface area contributed by atoms with E-state index in [0.29, 0.717) is 6.42 Å². The second kappa shape index (κ2) is 11.7. The first-order valence-corrected chi connectivity index (χ1v) is 11.4. The maximum absolute atomic E-state index is 10.7. The van der Waals surface area contributed by atoms with Crippen LogP contribution in [0, 0.1) is 19.3 Å². The number of nitrogen functional groups attached to an aromatic ring is 1. The molecule has 1 aromatic carbocycles. The molecule has 7 heteroatoms. The van der Waals surface area contributed by atoms with Crippen LogP contribution in [-0.4, -0.2) is 28.3 Å². The highest BCUT2D eigenvalue weighted by molar-refractivity contribution is 5.83. The second-order valence-electron chi connectivity index (χ2n) is 8.59. The summed E-state index contributed by atoms with van der Waals surface area (Å²) in [6.07, 6.45) is 8.36. The third kappa shape index (κ3) is 6.34. The molecule has 0 atom stereocenters. The molecule has 0 aliphatic heterocycles. The summed E-state index contributed by atoms with van der Waals surface area (Å²) in [4.78, 5) is 4.24. The predicted octanol–water partition coefficient (Wildman–Crippen LogP) is 7.26. The van der Waals surface area contributed by atoms with E-state index in [0.717, 1.165) is 39.0 Å². The summed E-state index contributed by atoms with van der Waals surface area (Å²) in [6, 6.07) is 8.11. The molecule has 2 aromatic heterocycles. The van der Waals surface area contributed by atoms with Crippen LogP contribution in [0.15, 0.2) is 40.7 Å². The van der Waals surface area contributed by atoms with Crippen LogP contribution in [0.5, 0.6) is 0 Å². The Bertz CT molecular complexity index is 1030. The monoisotopic (exact) mass is 440 g/mol. The molecule has 0 amide bonds. The Balaban J connectivity index is 0.000000273. The number of azo groups is 1. The van der Waals surface area contributed by atoms with E-state index in [9.17, 15) is 4.39 Å². The zero-order valence-corrected chi connectivity index (χ0v) is 20.3. The van der Waals surface area contributed by atoms with E-state index in [4.69, 9.17) is 5.73 Å². The summed E-state index contributed by atoms with van der Waals surface area (Å²) in [6.45, 7) is 10.3. The molecule has 0 spiro atoms. The summed E-state index contributed by atoms with van der Waals surface area (Å²) in [5.74, 6) is 0.275. The van der Waals surface area contributed by atoms with Crippen molar-refractivity contribution in [3.05, 3.63) is 41.7 Å². The zero-order chi connectivity index (χ0) is 23.7. The van der Waals surface area contributed by atoms with Crippen LogP contribution in [0.3, 0.4) is 0 Å². The van der Waals surface area contributed by atoms with Gasteiger partial charge in [-0.05, 0) is 67.9 Å². The Labute approximate surface area is 191 Å². The summed E-state index contributed by atoms with van der Waals surface area (Å²) >= 11 is 0. The Morgan fingerprint density at radius 3 is 2.34 bits per heavy atom. The minimum atomic E-state index is -0.181. The Hall–Kier alpha value is -2.83. The van der Waals surface area contributed by atoms with Gasteiger partial charge in [0.15, 0.2) is 0 Å². The molecule has 32 heavy (non-hydrogen) atoms. The molecule has 1 aliphatic rings. The van der Waals surface area contributed by atoms with Gasteiger partial charge in [0.2, 0.25) is 5.95 Å². The van der Waals surface area contributed by atoms with Crippen LogP contribution in [0.1, 0.15) is 64.1 Å². The molecule has 0 saturated heterocycles. The van der Waals surface area contributed by atoms with Gasteiger partial charge in [-0.1, -0.05) is 39.7 Å². The smallest absolute Gasteiger partial charge is 0.238 e. The maximum Gasteiger partial charge on any atom is 0.238 e. The Kier molecular flexibility index (Phi) is 9.29. The number of hydrogen-bond donors (Lipinski definition) is 1. The number of halogens is 1. The molecular formula is C25H37FN6. The molecule has 2 N–H and O–H groups in total. The maximum atomic E-state index is 10.7. The lowest BCUT2D eigenvalue weighted by molar-refractivity contribution is 0.155. The highest BCUT2D eigenvalue weighted by atomic mass is 19.1. The van der Waals surface area contributed by atoms with Crippen LogP contribution in [0.2, 0.25) is 0 Å². The molecule has 0 bridgehead atoms. The summed E-state index contributed by atoms with van der Waals surface area (Å²) in [5, 5.41) is 12.1. The zero-order valence-electron chi connectivity index (χ0n) is 20.3. The number of rotatable bonds is 4. The highest BCUT2D eigenvalue weighted by Crippen LogP contribution is 2.42. The number of nitrogens with zero attached hydrogens (tertiary/aromatic N) is 5. The number of alkyl halides is 1. The van der Waals surface area contributed by atoms with Crippen molar-refractivity contribution in [2.45, 2.75) is 66.7 Å². The van der Waals surface area contributed by atoms with Gasteiger partial charge in [-0.25, -0.2) is 9.50 Å². The van der Waals surface area contributed by atoms with Crippen molar-refractivity contribution in [2.75, 3.05) is 19.5 Å². The van der Waals surface area contributed by atoms with Crippen LogP contribution < -0.4 is 5.73 Å². The van der Waals surface area contributed by atoms with Gasteiger partial charge in [0, 0.05) is 18.8 Å². The Morgan fingerprint density at radius 1 is 1.19 bits per heavy atom. The standard InChI is InChI=1S/C15H16N6.C7H14.C3H7F/c1-9-8-11(4-5-13(9)19-17-3)12-6-7-21-14(12)10(2)18-15(16)20-21;1-3-7(2)5-4-6-7;1-2-3-4/h4-8H,1-3H3,(H2,16,20);3-6H2,1-2H3;2-3H2,1H3. The van der Waals surface area contributed by atoms with E-state index in [1.807, 2.05) is 38.2 Å². The van der Waals surface area contributed by atoms with E-state index < -0.39 is 0 Å². The SMILES string of the molecule is CCC1(C)CCC1.CCCF.CN=Nc1ccc(-c2ccn3nc(N)nc(C)c23)cc1C. The van der Waals surface area contributed by atoms with Crippen molar-refractivity contribution in [1.29, 1.82) is 0 Å². The first-order chi connectivity index (χ1) is 15.3. The summed E-state index contributed by atoms with van der Waals surface area (Å²) < 4.78 is 12.5. The van der Waals surface area contributed by atoms with Crippen LogP contribution in [0.25, 0.3) is 16.6 Å². The quantitative estimate of drug-likeness (QED) is 0.433. The fourth-order valence-corrected chi connectivity index (χ4v) is 3.63. The van der Waals surface area contributed by atoms with E-state index in [1.54, 1.807) is 18.5 Å². The number of aromatic nitrogens is 3. The van der Waals surface area contributed by atoms with Crippen molar-refractivity contribution in [3.8, 4) is 11.1 Å². The lowest BCUT2D eigenvalue weighted by Gasteiger charge is -2.37. The average Bonchev–Trinajstić information content (AvgIpc) is 3.18. The van der Waals surface area contributed by atoms with Gasteiger partial charge in [0.1, 0.15) is 0 Å². The van der Waals surface area contributed by atoms with Gasteiger partial charge in [-0.3, -0.25) is 4.39 Å². The molecule has 1 fully saturated rings. The second-order valence-corrected chi connectivity index (χ2v) is 8.59. The number of benzene rings is 1. The van der Waals surface area contributed by atoms with E-state index in [1.165, 1.54) is 25.7 Å². The van der Waals surface area contributed by atoms with Crippen LogP contribution in [-0.2, 0) is 0 Å². The van der Waals surface area contributed by atoms with Gasteiger partial charge in [-0.2, -0.15) is 10.2 Å². The Morgan fingerprint density at radius 2 is 1.88 bits per heavy atom. The van der Waals surface area contributed by atoms with Crippen molar-refractivity contribution < 1.29 is 4.39 Å². The largest absolute Gasteiger partial charge is 0.367 e. The lowest BCUT2D eigenvalue weighted by atomic mass is 9.69. The van der Waals surface area contributed by atoms with Gasteiger partial charge in [0.25, 0.3) is 0 Å². The van der Waals surface area contributed by atoms with Crippen molar-refractivity contribution >= 4 is 17.2 Å². The first kappa shape index (κ1) is 25.4. The van der Waals surface area contributed by atoms with Gasteiger partial charge >= 0.3 is 0 Å². The first-order valence-electron chi connectivity index (χ1n) is 11.4. The fraction of sp³-hybridized carbons (Fsp3) is 0.520. The van der Waals surface area contributed by atoms with Crippen molar-refractivity contribution in [2.24, 2.45) is 15.6 Å². The normalized spacial score (nSPS) is 14.3. The van der Waals surface area contributed by atoms with Crippen molar-refractivity contribution in [3.63, 3.8) is 0 Å². The minimum absolute atomic E-state index is 0.181. The van der Waals surface area contributed by atoms with E-state index in [2.05, 4.69) is 40.2 Å². The summed E-state index contributed by atoms with van der Waals surface area (Å²) in [7, 11) is 1.67. The van der Waals surface area contributed by atoms with Gasteiger partial charge in [-0.15, -0.1) is 5.10 Å². The molecule has 1 saturated carbocycles. The number of anilines is 1. The molecule has 4 rings (SSSR count). The average molecular weight is 441 g/mol. The third-order valence-corrected chi connectivity index (χ3v) is 6.02. The number of aryl methyl sites for hydroxylation is 2. The third-order valence-electron chi connectivity index (χ3n) is 6.02. The molecule has 174 valence electrons. The molecule has 6 nitrogen and oxygen atoms in total. The lowest BCUT2D eigenvalue weighted by Crippen LogP contribution is -2.23. The van der Waals surface area contributed by atoms with E-state index >= 15 is 0 Å². The topological polar surface area (TPSA) is 80.9 Å². The molecule has 0 unspecified atom stereocenters. The van der Waals surface area contributed by atoms with Gasteiger partial charge < -0.3 is 5.73 Å².